The van der Waals surface area contributed by atoms with Crippen molar-refractivity contribution in [3.05, 3.63) is 120 Å². The van der Waals surface area contributed by atoms with Gasteiger partial charge in [0.05, 0.1) is 18.5 Å². The van der Waals surface area contributed by atoms with E-state index in [1.165, 1.54) is 12.1 Å². The second kappa shape index (κ2) is 9.27. The summed E-state index contributed by atoms with van der Waals surface area (Å²) in [6.07, 6.45) is -0.402. The van der Waals surface area contributed by atoms with Crippen molar-refractivity contribution >= 4 is 17.3 Å². The first-order valence-corrected chi connectivity index (χ1v) is 10.9. The van der Waals surface area contributed by atoms with Gasteiger partial charge in [-0.15, -0.1) is 0 Å². The maximum Gasteiger partial charge on any atom is 0.260 e. The Labute approximate surface area is 197 Å². The number of anilines is 2. The molecule has 5 rings (SSSR count). The van der Waals surface area contributed by atoms with E-state index in [0.717, 1.165) is 22.5 Å². The first-order chi connectivity index (χ1) is 16.6. The highest BCUT2D eigenvalue weighted by atomic mass is 19.1. The normalized spacial score (nSPS) is 14.3. The van der Waals surface area contributed by atoms with Gasteiger partial charge in [-0.1, -0.05) is 36.4 Å². The Morgan fingerprint density at radius 2 is 1.68 bits per heavy atom. The van der Waals surface area contributed by atoms with E-state index in [4.69, 9.17) is 9.47 Å². The fraction of sp³-hybridized carbons (Fsp3) is 0.107. The molecular weight excluding hydrogens is 431 g/mol. The largest absolute Gasteiger partial charge is 0.496 e. The minimum atomic E-state index is -0.402. The molecule has 6 heteroatoms. The lowest BCUT2D eigenvalue weighted by Crippen LogP contribution is -2.34. The van der Waals surface area contributed by atoms with Crippen LogP contribution in [0.15, 0.2) is 97.1 Å². The summed E-state index contributed by atoms with van der Waals surface area (Å²) < 4.78 is 24.6. The highest BCUT2D eigenvalue weighted by Gasteiger charge is 2.35. The van der Waals surface area contributed by atoms with Crippen LogP contribution in [0.1, 0.15) is 27.7 Å². The summed E-state index contributed by atoms with van der Waals surface area (Å²) >= 11 is 0. The zero-order valence-corrected chi connectivity index (χ0v) is 18.6. The van der Waals surface area contributed by atoms with E-state index in [0.29, 0.717) is 17.1 Å². The van der Waals surface area contributed by atoms with Gasteiger partial charge >= 0.3 is 0 Å². The summed E-state index contributed by atoms with van der Waals surface area (Å²) in [6.45, 7) is 0.231. The summed E-state index contributed by atoms with van der Waals surface area (Å²) in [6, 6.07) is 28.7. The average Bonchev–Trinajstić information content (AvgIpc) is 3.28. The van der Waals surface area contributed by atoms with Gasteiger partial charge in [0.1, 0.15) is 30.1 Å². The zero-order chi connectivity index (χ0) is 23.5. The van der Waals surface area contributed by atoms with E-state index >= 15 is 0 Å². The van der Waals surface area contributed by atoms with Gasteiger partial charge in [-0.2, -0.15) is 0 Å². The number of carbonyl (C=O) groups is 1. The number of carbonyl (C=O) groups excluding carboxylic acids is 1. The topological polar surface area (TPSA) is 50.8 Å². The van der Waals surface area contributed by atoms with Crippen molar-refractivity contribution in [2.24, 2.45) is 0 Å². The van der Waals surface area contributed by atoms with Crippen LogP contribution in [-0.2, 0) is 6.61 Å². The fourth-order valence-corrected chi connectivity index (χ4v) is 4.11. The van der Waals surface area contributed by atoms with Crippen LogP contribution in [0.25, 0.3) is 0 Å². The highest BCUT2D eigenvalue weighted by molar-refractivity contribution is 6.10. The molecule has 4 aromatic carbocycles. The van der Waals surface area contributed by atoms with Crippen molar-refractivity contribution in [2.75, 3.05) is 17.3 Å². The van der Waals surface area contributed by atoms with Crippen LogP contribution < -0.4 is 19.7 Å². The fourth-order valence-electron chi connectivity index (χ4n) is 4.11. The molecule has 0 fully saturated rings. The molecule has 5 nitrogen and oxygen atoms in total. The monoisotopic (exact) mass is 454 g/mol. The molecule has 0 bridgehead atoms. The van der Waals surface area contributed by atoms with E-state index in [9.17, 15) is 9.18 Å². The van der Waals surface area contributed by atoms with Crippen molar-refractivity contribution in [1.82, 2.24) is 0 Å². The third kappa shape index (κ3) is 4.18. The van der Waals surface area contributed by atoms with Gasteiger partial charge in [-0.3, -0.25) is 9.69 Å². The number of methoxy groups -OCH3 is 1. The standard InChI is InChI=1S/C28H23FN2O3/c1-33-26-16-11-20(17-21(26)18-34-23-14-12-22(29)13-15-23)27-30-24-9-5-6-10-25(24)31(27)28(32)19-7-3-2-4-8-19/h2-17,27,30H,18H2,1H3. The third-order valence-electron chi connectivity index (χ3n) is 5.78. The van der Waals surface area contributed by atoms with E-state index < -0.39 is 6.17 Å². The number of para-hydroxylation sites is 2. The number of rotatable bonds is 6. The second-order valence-corrected chi connectivity index (χ2v) is 7.92. The van der Waals surface area contributed by atoms with Gasteiger partial charge in [0, 0.05) is 11.1 Å². The summed E-state index contributed by atoms with van der Waals surface area (Å²) in [5.41, 5.74) is 4.02. The number of hydrogen-bond acceptors (Lipinski definition) is 4. The van der Waals surface area contributed by atoms with Crippen molar-refractivity contribution in [3.63, 3.8) is 0 Å². The molecule has 34 heavy (non-hydrogen) atoms. The molecule has 1 unspecified atom stereocenters. The molecule has 1 N–H and O–H groups in total. The lowest BCUT2D eigenvalue weighted by Gasteiger charge is -2.26. The quantitative estimate of drug-likeness (QED) is 0.378. The van der Waals surface area contributed by atoms with Crippen LogP contribution in [0.3, 0.4) is 0 Å². The Morgan fingerprint density at radius 1 is 0.941 bits per heavy atom. The minimum Gasteiger partial charge on any atom is -0.496 e. The minimum absolute atomic E-state index is 0.0945. The van der Waals surface area contributed by atoms with Gasteiger partial charge in [0.25, 0.3) is 5.91 Å². The summed E-state index contributed by atoms with van der Waals surface area (Å²) in [5, 5.41) is 3.48. The lowest BCUT2D eigenvalue weighted by molar-refractivity contribution is 0.0981. The maximum absolute atomic E-state index is 13.5. The van der Waals surface area contributed by atoms with Crippen LogP contribution in [-0.4, -0.2) is 13.0 Å². The summed E-state index contributed by atoms with van der Waals surface area (Å²) in [7, 11) is 1.60. The van der Waals surface area contributed by atoms with Crippen molar-refractivity contribution in [1.29, 1.82) is 0 Å². The Morgan fingerprint density at radius 3 is 2.44 bits per heavy atom. The number of fused-ring (bicyclic) bond motifs is 1. The third-order valence-corrected chi connectivity index (χ3v) is 5.78. The first-order valence-electron chi connectivity index (χ1n) is 10.9. The second-order valence-electron chi connectivity index (χ2n) is 7.92. The molecule has 1 aliphatic rings. The van der Waals surface area contributed by atoms with Crippen molar-refractivity contribution in [3.8, 4) is 11.5 Å². The van der Waals surface area contributed by atoms with Gasteiger partial charge in [-0.05, 0) is 66.2 Å². The molecule has 0 saturated carbocycles. The van der Waals surface area contributed by atoms with Gasteiger partial charge in [-0.25, -0.2) is 4.39 Å². The molecular formula is C28H23FN2O3. The molecule has 4 aromatic rings. The number of amides is 1. The summed E-state index contributed by atoms with van der Waals surface area (Å²) in [5.74, 6) is 0.813. The van der Waals surface area contributed by atoms with Gasteiger partial charge in [0.2, 0.25) is 0 Å². The molecule has 1 amide bonds. The number of nitrogens with zero attached hydrogens (tertiary/aromatic N) is 1. The zero-order valence-electron chi connectivity index (χ0n) is 18.6. The van der Waals surface area contributed by atoms with Crippen LogP contribution in [0.5, 0.6) is 11.5 Å². The molecule has 0 spiro atoms. The van der Waals surface area contributed by atoms with Crippen molar-refractivity contribution < 1.29 is 18.7 Å². The van der Waals surface area contributed by atoms with Crippen LogP contribution in [0, 0.1) is 5.82 Å². The number of hydrogen-bond donors (Lipinski definition) is 1. The molecule has 170 valence electrons. The molecule has 0 aromatic heterocycles. The number of benzene rings is 4. The molecule has 1 atom stereocenters. The SMILES string of the molecule is COc1ccc(C2Nc3ccccc3N2C(=O)c2ccccc2)cc1COc1ccc(F)cc1. The Balaban J connectivity index is 1.48. The van der Waals surface area contributed by atoms with Gasteiger partial charge in [0.15, 0.2) is 0 Å². The van der Waals surface area contributed by atoms with Crippen molar-refractivity contribution in [2.45, 2.75) is 12.8 Å². The predicted molar refractivity (Wildman–Crippen MR) is 130 cm³/mol. The molecule has 0 saturated heterocycles. The number of halogens is 1. The smallest absolute Gasteiger partial charge is 0.260 e. The summed E-state index contributed by atoms with van der Waals surface area (Å²) in [4.78, 5) is 15.3. The molecule has 1 aliphatic heterocycles. The van der Waals surface area contributed by atoms with Gasteiger partial charge < -0.3 is 14.8 Å². The first kappa shape index (κ1) is 21.5. The van der Waals surface area contributed by atoms with Crippen LogP contribution in [0.4, 0.5) is 15.8 Å². The Bertz CT molecular complexity index is 1310. The van der Waals surface area contributed by atoms with E-state index in [1.54, 1.807) is 24.1 Å². The lowest BCUT2D eigenvalue weighted by atomic mass is 10.1. The Kier molecular flexibility index (Phi) is 5.87. The predicted octanol–water partition coefficient (Wildman–Crippen LogP) is 6.18. The molecule has 0 radical (unpaired) electrons. The van der Waals surface area contributed by atoms with E-state index in [1.807, 2.05) is 72.8 Å². The number of nitrogens with one attached hydrogen (secondary N) is 1. The Hall–Kier alpha value is -4.32. The van der Waals surface area contributed by atoms with Crippen LogP contribution in [0.2, 0.25) is 0 Å². The highest BCUT2D eigenvalue weighted by Crippen LogP contribution is 2.42. The number of ether oxygens (including phenoxy) is 2. The van der Waals surface area contributed by atoms with Crippen LogP contribution >= 0.6 is 0 Å². The van der Waals surface area contributed by atoms with E-state index in [-0.39, 0.29) is 18.3 Å². The maximum atomic E-state index is 13.5. The molecule has 1 heterocycles. The average molecular weight is 455 g/mol. The molecule has 0 aliphatic carbocycles. The van der Waals surface area contributed by atoms with E-state index in [2.05, 4.69) is 5.32 Å².